The summed E-state index contributed by atoms with van der Waals surface area (Å²) >= 11 is 0. The van der Waals surface area contributed by atoms with Crippen LogP contribution in [0.3, 0.4) is 0 Å². The molecule has 4 aliphatic rings. The number of carbonyl (C=O) groups is 7. The number of esters is 1. The van der Waals surface area contributed by atoms with Crippen LogP contribution >= 0.6 is 0 Å². The normalized spacial score (nSPS) is 25.2. The zero-order chi connectivity index (χ0) is 55.1. The van der Waals surface area contributed by atoms with Gasteiger partial charge in [0.15, 0.2) is 0 Å². The van der Waals surface area contributed by atoms with Gasteiger partial charge in [-0.3, -0.25) is 39.6 Å². The van der Waals surface area contributed by atoms with E-state index in [-0.39, 0.29) is 73.7 Å². The molecule has 3 aliphatic heterocycles. The predicted molar refractivity (Wildman–Crippen MR) is 283 cm³/mol. The molecular formula is C57H78N6O13. The maximum atomic E-state index is 13.3. The maximum absolute atomic E-state index is 13.3. The second kappa shape index (κ2) is 27.6. The first-order valence-electron chi connectivity index (χ1n) is 26.6. The topological polar surface area (TPSA) is 261 Å². The van der Waals surface area contributed by atoms with Crippen LogP contribution in [0, 0.1) is 11.8 Å². The Balaban J connectivity index is 0.855. The van der Waals surface area contributed by atoms with Gasteiger partial charge in [-0.15, -0.1) is 0 Å². The Morgan fingerprint density at radius 2 is 1.53 bits per heavy atom. The van der Waals surface area contributed by atoms with E-state index in [1.54, 1.807) is 26.8 Å². The van der Waals surface area contributed by atoms with Crippen LogP contribution in [0.25, 0.3) is 11.1 Å². The zero-order valence-electron chi connectivity index (χ0n) is 45.1. The molecule has 6 rings (SSSR count). The van der Waals surface area contributed by atoms with Crippen molar-refractivity contribution in [1.82, 2.24) is 32.1 Å². The van der Waals surface area contributed by atoms with E-state index in [4.69, 9.17) is 23.7 Å². The fourth-order valence-corrected chi connectivity index (χ4v) is 9.96. The Hall–Kier alpha value is -6.41. The lowest BCUT2D eigenvalue weighted by Gasteiger charge is -2.39. The van der Waals surface area contributed by atoms with Gasteiger partial charge in [-0.1, -0.05) is 99.5 Å². The quantitative estimate of drug-likeness (QED) is 0.0188. The van der Waals surface area contributed by atoms with Gasteiger partial charge in [0.2, 0.25) is 23.6 Å². The molecule has 0 bridgehead atoms. The van der Waals surface area contributed by atoms with Gasteiger partial charge in [0.1, 0.15) is 42.6 Å². The number of fused-ring (bicyclic) bond motifs is 3. The highest BCUT2D eigenvalue weighted by molar-refractivity contribution is 5.93. The van der Waals surface area contributed by atoms with Crippen LogP contribution in [-0.2, 0) is 52.5 Å². The fraction of sp³-hybridized carbons (Fsp3) is 0.561. The molecule has 7 N–H and O–H groups in total. The van der Waals surface area contributed by atoms with Gasteiger partial charge < -0.3 is 50.1 Å². The molecule has 0 aromatic heterocycles. The third kappa shape index (κ3) is 16.8. The molecule has 19 nitrogen and oxygen atoms in total. The minimum Gasteiger partial charge on any atom is -0.459 e. The van der Waals surface area contributed by atoms with E-state index in [2.05, 4.69) is 63.3 Å². The summed E-state index contributed by atoms with van der Waals surface area (Å²) in [5.74, 6) is -3.01. The molecule has 6 amide bonds. The number of hydrazine groups is 1. The molecule has 1 unspecified atom stereocenters. The van der Waals surface area contributed by atoms with Gasteiger partial charge in [-0.05, 0) is 93.5 Å². The van der Waals surface area contributed by atoms with Crippen molar-refractivity contribution < 1.29 is 62.4 Å². The van der Waals surface area contributed by atoms with Crippen molar-refractivity contribution in [1.29, 1.82) is 0 Å². The highest BCUT2D eigenvalue weighted by Crippen LogP contribution is 2.45. The van der Waals surface area contributed by atoms with Gasteiger partial charge in [0, 0.05) is 38.3 Å². The van der Waals surface area contributed by atoms with E-state index >= 15 is 0 Å². The Morgan fingerprint density at radius 1 is 0.842 bits per heavy atom. The molecule has 0 saturated carbocycles. The number of nitrogens with one attached hydrogen (secondary N) is 6. The van der Waals surface area contributed by atoms with Crippen molar-refractivity contribution in [3.05, 3.63) is 95.6 Å². The lowest BCUT2D eigenvalue weighted by atomic mass is 9.87. The van der Waals surface area contributed by atoms with Gasteiger partial charge in [-0.25, -0.2) is 4.79 Å². The Kier molecular flexibility index (Phi) is 21.4. The molecule has 414 valence electrons. The molecule has 1 aliphatic carbocycles. The number of unbranched alkanes of at least 4 members (excludes halogenated alkanes) is 2. The van der Waals surface area contributed by atoms with Crippen molar-refractivity contribution in [3.63, 3.8) is 0 Å². The monoisotopic (exact) mass is 1050 g/mol. The molecule has 0 radical (unpaired) electrons. The summed E-state index contributed by atoms with van der Waals surface area (Å²) in [4.78, 5) is 88.5. The number of hydrogen-bond donors (Lipinski definition) is 7. The summed E-state index contributed by atoms with van der Waals surface area (Å²) < 4.78 is 28.8. The van der Waals surface area contributed by atoms with Crippen LogP contribution in [0.1, 0.15) is 124 Å². The first-order chi connectivity index (χ1) is 36.2. The molecule has 1 spiro atoms. The minimum absolute atomic E-state index is 0.0320. The first kappa shape index (κ1) is 58.8. The molecule has 3 saturated heterocycles. The standard InChI is InChI=1S/C57H78N6O13/c1-33(2)52(61-49(65)20-10-9-15-27-58-56(71)72-31-45-43-18-13-11-16-41(43)42-17-12-14-19-44(42)45)55(70)59-37(6)54(69)63-62-51(67)29-40-30-57(32-73-57)53(68)48(76-40)25-22-34(3)21-24-47-35(4)28-46(38(7)75-47)60-50(66)26-23-36(5)74-39(8)64/h11-14,16-19,21-23,25-26,33,35-38,40,45-48,52-53,68H,9-10,15,20,24,27-32H2,1-8H3,(H,58,71)(H,59,70)(H,60,66)(H,61,65)(H,62,67)(H,63,69)/b25-22+,26-23?,34-21+/t35-,36?,37-,38+,40+,46+,47-,48+,52-,53+,57+/m0/s1. The van der Waals surface area contributed by atoms with Gasteiger partial charge in [0.05, 0.1) is 37.4 Å². The molecule has 2 aromatic rings. The Labute approximate surface area is 446 Å². The van der Waals surface area contributed by atoms with E-state index in [0.29, 0.717) is 45.3 Å². The lowest BCUT2D eigenvalue weighted by Crippen LogP contribution is -2.56. The number of epoxide rings is 1. The minimum atomic E-state index is -1.07. The van der Waals surface area contributed by atoms with Crippen LogP contribution in [0.2, 0.25) is 0 Å². The number of ether oxygens (including phenoxy) is 5. The number of aliphatic hydroxyl groups excluding tert-OH is 1. The highest BCUT2D eigenvalue weighted by atomic mass is 16.6. The molecule has 3 heterocycles. The van der Waals surface area contributed by atoms with Crippen LogP contribution in [0.4, 0.5) is 4.79 Å². The van der Waals surface area contributed by atoms with Gasteiger partial charge in [0.25, 0.3) is 5.91 Å². The summed E-state index contributed by atoms with van der Waals surface area (Å²) in [5.41, 5.74) is 9.39. The second-order valence-electron chi connectivity index (χ2n) is 21.0. The zero-order valence-corrected chi connectivity index (χ0v) is 45.1. The van der Waals surface area contributed by atoms with Crippen LogP contribution in [-0.4, -0.2) is 127 Å². The number of aliphatic hydroxyl groups is 1. The summed E-state index contributed by atoms with van der Waals surface area (Å²) in [6.45, 7) is 14.9. The van der Waals surface area contributed by atoms with E-state index < -0.39 is 71.9 Å². The summed E-state index contributed by atoms with van der Waals surface area (Å²) in [5, 5.41) is 22.4. The van der Waals surface area contributed by atoms with Gasteiger partial charge in [-0.2, -0.15) is 0 Å². The number of alkyl carbamates (subject to hydrolysis) is 1. The third-order valence-electron chi connectivity index (χ3n) is 14.4. The Morgan fingerprint density at radius 3 is 2.18 bits per heavy atom. The highest BCUT2D eigenvalue weighted by Gasteiger charge is 2.58. The van der Waals surface area contributed by atoms with E-state index in [0.717, 1.165) is 27.8 Å². The molecule has 19 heteroatoms. The van der Waals surface area contributed by atoms with Gasteiger partial charge >= 0.3 is 12.1 Å². The number of amides is 6. The van der Waals surface area contributed by atoms with Crippen LogP contribution in [0.5, 0.6) is 0 Å². The largest absolute Gasteiger partial charge is 0.459 e. The predicted octanol–water partition coefficient (Wildman–Crippen LogP) is 5.25. The van der Waals surface area contributed by atoms with Crippen molar-refractivity contribution in [2.24, 2.45) is 11.8 Å². The second-order valence-corrected chi connectivity index (χ2v) is 21.0. The summed E-state index contributed by atoms with van der Waals surface area (Å²) in [6.07, 6.45) is 8.24. The van der Waals surface area contributed by atoms with Crippen molar-refractivity contribution >= 4 is 41.6 Å². The molecular weight excluding hydrogens is 977 g/mol. The Bertz CT molecular complexity index is 2430. The first-order valence-corrected chi connectivity index (χ1v) is 26.6. The average molecular weight is 1060 g/mol. The summed E-state index contributed by atoms with van der Waals surface area (Å²) in [6, 6.07) is 14.1. The van der Waals surface area contributed by atoms with E-state index in [1.807, 2.05) is 50.3 Å². The number of benzene rings is 2. The average Bonchev–Trinajstić information content (AvgIpc) is 4.11. The van der Waals surface area contributed by atoms with Crippen molar-refractivity contribution in [2.45, 2.75) is 173 Å². The molecule has 11 atom stereocenters. The molecule has 76 heavy (non-hydrogen) atoms. The van der Waals surface area contributed by atoms with Crippen molar-refractivity contribution in [3.8, 4) is 11.1 Å². The SMILES string of the molecule is CC(=O)OC(C)C=CC(=O)N[C@@H]1C[C@H](C)[C@H](C/C=C(C)/C=C/[C@H]2O[C@H](CC(=O)NNC(=O)[C@H](C)NC(=O)[C@@H](NC(=O)CCCCCNC(=O)OCC3c4ccccc4-c4ccccc43)C(C)C)C[C@@]3(CO3)[C@@H]2O)O[C@@H]1C. The number of carbonyl (C=O) groups excluding carboxylic acids is 7. The lowest BCUT2D eigenvalue weighted by molar-refractivity contribution is -0.147. The van der Waals surface area contributed by atoms with Crippen LogP contribution < -0.4 is 32.1 Å². The number of hydrogen-bond acceptors (Lipinski definition) is 13. The smallest absolute Gasteiger partial charge is 0.407 e. The maximum Gasteiger partial charge on any atom is 0.407 e. The summed E-state index contributed by atoms with van der Waals surface area (Å²) in [7, 11) is 0. The van der Waals surface area contributed by atoms with E-state index in [1.165, 1.54) is 26.0 Å². The number of allylic oxidation sites excluding steroid dienone is 2. The van der Waals surface area contributed by atoms with Crippen molar-refractivity contribution in [2.75, 3.05) is 19.8 Å². The number of rotatable bonds is 23. The fourth-order valence-electron chi connectivity index (χ4n) is 9.96. The third-order valence-corrected chi connectivity index (χ3v) is 14.4. The van der Waals surface area contributed by atoms with Crippen LogP contribution in [0.15, 0.2) is 84.5 Å². The molecule has 3 fully saturated rings. The molecule has 2 aromatic carbocycles. The van der Waals surface area contributed by atoms with E-state index in [9.17, 15) is 38.7 Å².